The van der Waals surface area contributed by atoms with E-state index in [9.17, 15) is 13.2 Å². The number of benzene rings is 1. The van der Waals surface area contributed by atoms with E-state index in [0.29, 0.717) is 11.3 Å². The molecule has 0 saturated carbocycles. The van der Waals surface area contributed by atoms with Crippen molar-refractivity contribution in [1.82, 2.24) is 24.8 Å². The van der Waals surface area contributed by atoms with Crippen molar-refractivity contribution < 1.29 is 13.2 Å². The lowest BCUT2D eigenvalue weighted by Gasteiger charge is -2.11. The molecule has 0 fully saturated rings. The second kappa shape index (κ2) is 6.62. The summed E-state index contributed by atoms with van der Waals surface area (Å²) in [5.41, 5.74) is 0.523. The number of anilines is 2. The Hall–Kier alpha value is -4.00. The molecule has 28 heavy (non-hydrogen) atoms. The highest BCUT2D eigenvalue weighted by Crippen LogP contribution is 2.35. The molecule has 7 nitrogen and oxygen atoms in total. The summed E-state index contributed by atoms with van der Waals surface area (Å²) in [5.74, 6) is 0.281. The third kappa shape index (κ3) is 3.21. The number of alkyl halides is 3. The van der Waals surface area contributed by atoms with Gasteiger partial charge in [0.05, 0.1) is 29.1 Å². The van der Waals surface area contributed by atoms with Gasteiger partial charge in [-0.05, 0) is 42.5 Å². The minimum Gasteiger partial charge on any atom is -0.323 e. The van der Waals surface area contributed by atoms with Gasteiger partial charge in [0.15, 0.2) is 5.65 Å². The smallest absolute Gasteiger partial charge is 0.323 e. The summed E-state index contributed by atoms with van der Waals surface area (Å²) in [5, 5.41) is 23.9. The van der Waals surface area contributed by atoms with Crippen molar-refractivity contribution in [3.63, 3.8) is 0 Å². The van der Waals surface area contributed by atoms with Gasteiger partial charge in [-0.1, -0.05) is 0 Å². The van der Waals surface area contributed by atoms with E-state index in [-0.39, 0.29) is 22.9 Å². The van der Waals surface area contributed by atoms with Gasteiger partial charge >= 0.3 is 6.18 Å². The van der Waals surface area contributed by atoms with E-state index >= 15 is 0 Å². The maximum Gasteiger partial charge on any atom is 0.418 e. The van der Waals surface area contributed by atoms with E-state index in [1.165, 1.54) is 29.0 Å². The van der Waals surface area contributed by atoms with Crippen molar-refractivity contribution >= 4 is 17.3 Å². The zero-order chi connectivity index (χ0) is 19.7. The number of hydrogen-bond acceptors (Lipinski definition) is 6. The van der Waals surface area contributed by atoms with E-state index in [0.717, 1.165) is 6.07 Å². The first-order valence-corrected chi connectivity index (χ1v) is 7.97. The van der Waals surface area contributed by atoms with Crippen LogP contribution in [0, 0.1) is 11.3 Å². The number of nitrogens with one attached hydrogen (secondary N) is 1. The molecule has 0 aliphatic rings. The Labute approximate surface area is 156 Å². The topological polar surface area (TPSA) is 91.8 Å². The van der Waals surface area contributed by atoms with Gasteiger partial charge in [0.2, 0.25) is 5.95 Å². The van der Waals surface area contributed by atoms with Crippen LogP contribution in [0.25, 0.3) is 16.9 Å². The van der Waals surface area contributed by atoms with Crippen LogP contribution in [0.3, 0.4) is 0 Å². The summed E-state index contributed by atoms with van der Waals surface area (Å²) >= 11 is 0. The molecular weight excluding hydrogens is 371 g/mol. The Balaban J connectivity index is 1.70. The predicted octanol–water partition coefficient (Wildman–Crippen LogP) is 3.82. The fraction of sp³-hybridized carbons (Fsp3) is 0.0556. The van der Waals surface area contributed by atoms with E-state index in [1.54, 1.807) is 24.3 Å². The Morgan fingerprint density at radius 3 is 2.57 bits per heavy atom. The molecule has 1 N–H and O–H groups in total. The Bertz CT molecular complexity index is 1190. The number of nitriles is 1. The van der Waals surface area contributed by atoms with Crippen molar-refractivity contribution in [2.75, 3.05) is 5.32 Å². The molecule has 0 atom stereocenters. The minimum absolute atomic E-state index is 0.178. The number of rotatable bonds is 3. The monoisotopic (exact) mass is 381 g/mol. The average Bonchev–Trinajstić information content (AvgIpc) is 3.10. The minimum atomic E-state index is -4.54. The molecule has 0 aliphatic heterocycles. The van der Waals surface area contributed by atoms with Crippen molar-refractivity contribution in [2.45, 2.75) is 6.18 Å². The molecular formula is C18H10F3N7. The summed E-state index contributed by atoms with van der Waals surface area (Å²) in [6, 6.07) is 12.3. The van der Waals surface area contributed by atoms with Gasteiger partial charge in [0.25, 0.3) is 0 Å². The van der Waals surface area contributed by atoms with Crippen LogP contribution in [0.2, 0.25) is 0 Å². The van der Waals surface area contributed by atoms with Gasteiger partial charge < -0.3 is 5.32 Å². The average molecular weight is 381 g/mol. The zero-order valence-corrected chi connectivity index (χ0v) is 14.0. The summed E-state index contributed by atoms with van der Waals surface area (Å²) in [7, 11) is 0. The third-order valence-corrected chi connectivity index (χ3v) is 3.92. The van der Waals surface area contributed by atoms with Gasteiger partial charge in [0.1, 0.15) is 0 Å². The molecule has 10 heteroatoms. The normalized spacial score (nSPS) is 11.4. The standard InChI is InChI=1S/C18H10F3N7/c19-18(20,21)14-2-1-7-23-16(14)12-8-15-26-27-17(28(15)24-10-12)25-13-5-3-11(9-22)4-6-13/h1-8,10H,(H,25,27). The van der Waals surface area contributed by atoms with E-state index in [4.69, 9.17) is 5.26 Å². The van der Waals surface area contributed by atoms with Crippen LogP contribution >= 0.6 is 0 Å². The largest absolute Gasteiger partial charge is 0.418 e. The number of fused-ring (bicyclic) bond motifs is 1. The van der Waals surface area contributed by atoms with Gasteiger partial charge in [-0.25, -0.2) is 0 Å². The van der Waals surface area contributed by atoms with Crippen LogP contribution in [0.1, 0.15) is 11.1 Å². The predicted molar refractivity (Wildman–Crippen MR) is 93.5 cm³/mol. The first kappa shape index (κ1) is 17.4. The number of hydrogen-bond donors (Lipinski definition) is 1. The first-order valence-electron chi connectivity index (χ1n) is 7.97. The lowest BCUT2D eigenvalue weighted by Crippen LogP contribution is -2.08. The van der Waals surface area contributed by atoms with Crippen LogP contribution in [0.5, 0.6) is 0 Å². The lowest BCUT2D eigenvalue weighted by atomic mass is 10.1. The molecule has 4 aromatic rings. The molecule has 0 bridgehead atoms. The van der Waals surface area contributed by atoms with Gasteiger partial charge in [-0.2, -0.15) is 28.0 Å². The number of nitrogens with zero attached hydrogens (tertiary/aromatic N) is 6. The molecule has 0 spiro atoms. The highest BCUT2D eigenvalue weighted by Gasteiger charge is 2.34. The first-order chi connectivity index (χ1) is 13.5. The fourth-order valence-corrected chi connectivity index (χ4v) is 2.62. The molecule has 0 amide bonds. The summed E-state index contributed by atoms with van der Waals surface area (Å²) in [6.45, 7) is 0. The fourth-order valence-electron chi connectivity index (χ4n) is 2.62. The van der Waals surface area contributed by atoms with Crippen molar-refractivity contribution in [3.8, 4) is 17.3 Å². The van der Waals surface area contributed by atoms with Gasteiger partial charge in [0, 0.05) is 17.4 Å². The quantitative estimate of drug-likeness (QED) is 0.580. The maximum atomic E-state index is 13.2. The van der Waals surface area contributed by atoms with E-state index < -0.39 is 11.7 Å². The Morgan fingerprint density at radius 2 is 1.86 bits per heavy atom. The molecule has 4 rings (SSSR count). The van der Waals surface area contributed by atoms with Gasteiger partial charge in [-0.15, -0.1) is 10.2 Å². The van der Waals surface area contributed by atoms with Crippen LogP contribution in [0.15, 0.2) is 54.9 Å². The maximum absolute atomic E-state index is 13.2. The van der Waals surface area contributed by atoms with Crippen LogP contribution < -0.4 is 5.32 Å². The van der Waals surface area contributed by atoms with E-state index in [2.05, 4.69) is 25.6 Å². The number of pyridine rings is 1. The van der Waals surface area contributed by atoms with Gasteiger partial charge in [-0.3, -0.25) is 4.98 Å². The number of aromatic nitrogens is 5. The highest BCUT2D eigenvalue weighted by molar-refractivity contribution is 5.67. The Morgan fingerprint density at radius 1 is 1.07 bits per heavy atom. The summed E-state index contributed by atoms with van der Waals surface area (Å²) < 4.78 is 41.0. The molecule has 3 heterocycles. The second-order valence-corrected chi connectivity index (χ2v) is 5.75. The van der Waals surface area contributed by atoms with Crippen LogP contribution in [-0.4, -0.2) is 24.8 Å². The molecule has 0 unspecified atom stereocenters. The Kier molecular flexibility index (Phi) is 4.12. The highest BCUT2D eigenvalue weighted by atomic mass is 19.4. The SMILES string of the molecule is N#Cc1ccc(Nc2nnc3cc(-c4ncccc4C(F)(F)F)cnn23)cc1. The second-order valence-electron chi connectivity index (χ2n) is 5.75. The molecule has 1 aromatic carbocycles. The van der Waals surface area contributed by atoms with Crippen molar-refractivity contribution in [2.24, 2.45) is 0 Å². The van der Waals surface area contributed by atoms with Crippen LogP contribution in [-0.2, 0) is 6.18 Å². The summed E-state index contributed by atoms with van der Waals surface area (Å²) in [6.07, 6.45) is -1.97. The summed E-state index contributed by atoms with van der Waals surface area (Å²) in [4.78, 5) is 3.85. The molecule has 0 radical (unpaired) electrons. The van der Waals surface area contributed by atoms with Crippen molar-refractivity contribution in [3.05, 3.63) is 66.0 Å². The molecule has 138 valence electrons. The molecule has 0 saturated heterocycles. The van der Waals surface area contributed by atoms with Crippen LogP contribution in [0.4, 0.5) is 24.8 Å². The molecule has 3 aromatic heterocycles. The molecule has 0 aliphatic carbocycles. The van der Waals surface area contributed by atoms with Crippen molar-refractivity contribution in [1.29, 1.82) is 5.26 Å². The van der Waals surface area contributed by atoms with E-state index in [1.807, 2.05) is 6.07 Å². The third-order valence-electron chi connectivity index (χ3n) is 3.92. The number of halogens is 3. The lowest BCUT2D eigenvalue weighted by molar-refractivity contribution is -0.137. The zero-order valence-electron chi connectivity index (χ0n) is 14.0.